The molecule has 1 saturated heterocycles. The minimum Gasteiger partial charge on any atom is -0.397 e. The number of carbonyl (C=O) groups is 2. The molecule has 5 nitrogen and oxygen atoms in total. The molecule has 5 heteroatoms. The molecule has 0 spiro atoms. The average molecular weight is 234 g/mol. The van der Waals surface area contributed by atoms with Crippen LogP contribution in [0.3, 0.4) is 0 Å². The van der Waals surface area contributed by atoms with Gasteiger partial charge in [-0.05, 0) is 25.1 Å². The van der Waals surface area contributed by atoms with Crippen molar-refractivity contribution in [3.63, 3.8) is 0 Å². The van der Waals surface area contributed by atoms with E-state index in [0.29, 0.717) is 30.1 Å². The molecule has 0 aliphatic carbocycles. The quantitative estimate of drug-likeness (QED) is 0.607. The molecule has 1 aliphatic heterocycles. The summed E-state index contributed by atoms with van der Waals surface area (Å²) in [6, 6.07) is 4.98. The summed E-state index contributed by atoms with van der Waals surface area (Å²) in [5.41, 5.74) is 7.49. The smallest absolute Gasteiger partial charge is 0.253 e. The highest BCUT2D eigenvalue weighted by Crippen LogP contribution is 2.25. The van der Waals surface area contributed by atoms with Crippen molar-refractivity contribution in [2.24, 2.45) is 0 Å². The predicted molar refractivity (Wildman–Crippen MR) is 64.0 cm³/mol. The van der Waals surface area contributed by atoms with Gasteiger partial charge in [-0.3, -0.25) is 9.59 Å². The Balaban J connectivity index is 2.32. The number of nitrogens with two attached hydrogens (primary N) is 1. The maximum atomic E-state index is 11.6. The minimum atomic E-state index is -0.112. The summed E-state index contributed by atoms with van der Waals surface area (Å²) in [5, 5.41) is 0. The van der Waals surface area contributed by atoms with Gasteiger partial charge < -0.3 is 15.4 Å². The van der Waals surface area contributed by atoms with Gasteiger partial charge in [-0.1, -0.05) is 0 Å². The van der Waals surface area contributed by atoms with Crippen molar-refractivity contribution in [2.75, 3.05) is 30.4 Å². The largest absolute Gasteiger partial charge is 0.397 e. The Morgan fingerprint density at radius 3 is 2.82 bits per heavy atom. The predicted octanol–water partition coefficient (Wildman–Crippen LogP) is 0.835. The molecule has 1 amide bonds. The summed E-state index contributed by atoms with van der Waals surface area (Å²) in [4.78, 5) is 24.4. The molecule has 1 aromatic rings. The fourth-order valence-corrected chi connectivity index (χ4v) is 1.79. The third-order valence-electron chi connectivity index (χ3n) is 2.71. The molecule has 1 fully saturated rings. The fraction of sp³-hybridized carbons (Fsp3) is 0.333. The van der Waals surface area contributed by atoms with Gasteiger partial charge in [0.05, 0.1) is 18.0 Å². The maximum absolute atomic E-state index is 11.6. The summed E-state index contributed by atoms with van der Waals surface area (Å²) in [6.07, 6.45) is 0. The van der Waals surface area contributed by atoms with Crippen LogP contribution in [0.15, 0.2) is 18.2 Å². The number of rotatable bonds is 2. The molecule has 0 bridgehead atoms. The van der Waals surface area contributed by atoms with Gasteiger partial charge in [0.25, 0.3) is 5.91 Å². The first kappa shape index (κ1) is 11.6. The number of amides is 1. The lowest BCUT2D eigenvalue weighted by molar-refractivity contribution is -0.125. The third kappa shape index (κ3) is 2.29. The van der Waals surface area contributed by atoms with E-state index in [1.54, 1.807) is 23.1 Å². The van der Waals surface area contributed by atoms with Crippen molar-refractivity contribution in [1.82, 2.24) is 0 Å². The van der Waals surface area contributed by atoms with Crippen molar-refractivity contribution < 1.29 is 14.3 Å². The number of benzene rings is 1. The second-order valence-electron chi connectivity index (χ2n) is 3.93. The zero-order chi connectivity index (χ0) is 12.4. The van der Waals surface area contributed by atoms with Crippen LogP contribution in [0.5, 0.6) is 0 Å². The Kier molecular flexibility index (Phi) is 3.10. The number of ether oxygens (including phenoxy) is 1. The molecule has 1 aliphatic rings. The van der Waals surface area contributed by atoms with Gasteiger partial charge in [0.15, 0.2) is 5.78 Å². The number of ketones is 1. The van der Waals surface area contributed by atoms with E-state index in [4.69, 9.17) is 10.5 Å². The Bertz CT molecular complexity index is 471. The van der Waals surface area contributed by atoms with Crippen LogP contribution in [0.2, 0.25) is 0 Å². The highest BCUT2D eigenvalue weighted by molar-refractivity contribution is 6.00. The highest BCUT2D eigenvalue weighted by Gasteiger charge is 2.22. The first-order valence-corrected chi connectivity index (χ1v) is 5.38. The van der Waals surface area contributed by atoms with E-state index < -0.39 is 0 Å². The second kappa shape index (κ2) is 4.55. The van der Waals surface area contributed by atoms with Gasteiger partial charge in [0.1, 0.15) is 6.61 Å². The molecule has 17 heavy (non-hydrogen) atoms. The summed E-state index contributed by atoms with van der Waals surface area (Å²) in [6.45, 7) is 2.55. The van der Waals surface area contributed by atoms with E-state index in [9.17, 15) is 9.59 Å². The molecule has 0 atom stereocenters. The molecule has 2 rings (SSSR count). The van der Waals surface area contributed by atoms with Crippen LogP contribution >= 0.6 is 0 Å². The number of carbonyl (C=O) groups excluding carboxylic acids is 2. The minimum absolute atomic E-state index is 0.0449. The van der Waals surface area contributed by atoms with Crippen molar-refractivity contribution >= 4 is 23.1 Å². The summed E-state index contributed by atoms with van der Waals surface area (Å²) < 4.78 is 5.05. The topological polar surface area (TPSA) is 72.6 Å². The van der Waals surface area contributed by atoms with Crippen LogP contribution in [0.4, 0.5) is 11.4 Å². The van der Waals surface area contributed by atoms with Crippen LogP contribution in [-0.2, 0) is 9.53 Å². The van der Waals surface area contributed by atoms with Crippen LogP contribution < -0.4 is 10.6 Å². The van der Waals surface area contributed by atoms with E-state index in [-0.39, 0.29) is 18.3 Å². The van der Waals surface area contributed by atoms with Crippen LogP contribution in [0, 0.1) is 0 Å². The fourth-order valence-electron chi connectivity index (χ4n) is 1.79. The zero-order valence-electron chi connectivity index (χ0n) is 9.60. The molecule has 0 radical (unpaired) electrons. The molecule has 0 aromatic heterocycles. The van der Waals surface area contributed by atoms with Crippen molar-refractivity contribution in [3.8, 4) is 0 Å². The number of hydrogen-bond donors (Lipinski definition) is 1. The number of morpholine rings is 1. The van der Waals surface area contributed by atoms with Gasteiger partial charge in [-0.15, -0.1) is 0 Å². The molecular formula is C12H14N2O3. The standard InChI is InChI=1S/C12H14N2O3/c1-8(15)9-2-3-11(10(13)6-9)14-4-5-17-7-12(14)16/h2-3,6H,4-5,7,13H2,1H3. The average Bonchev–Trinajstić information content (AvgIpc) is 2.30. The Morgan fingerprint density at radius 1 is 1.47 bits per heavy atom. The van der Waals surface area contributed by atoms with Gasteiger partial charge in [-0.2, -0.15) is 0 Å². The molecule has 90 valence electrons. The number of hydrogen-bond acceptors (Lipinski definition) is 4. The molecule has 0 unspecified atom stereocenters. The normalized spacial score (nSPS) is 16.1. The first-order valence-electron chi connectivity index (χ1n) is 5.38. The summed E-state index contributed by atoms with van der Waals surface area (Å²) >= 11 is 0. The van der Waals surface area contributed by atoms with Gasteiger partial charge in [0, 0.05) is 12.1 Å². The van der Waals surface area contributed by atoms with Crippen LogP contribution in [-0.4, -0.2) is 31.4 Å². The Labute approximate surface area is 99.2 Å². The van der Waals surface area contributed by atoms with Crippen LogP contribution in [0.1, 0.15) is 17.3 Å². The number of nitrogens with zero attached hydrogens (tertiary/aromatic N) is 1. The molecular weight excluding hydrogens is 220 g/mol. The summed E-state index contributed by atoms with van der Waals surface area (Å²) in [7, 11) is 0. The van der Waals surface area contributed by atoms with Crippen molar-refractivity contribution in [3.05, 3.63) is 23.8 Å². The monoisotopic (exact) mass is 234 g/mol. The van der Waals surface area contributed by atoms with E-state index in [0.717, 1.165) is 0 Å². The number of Topliss-reactive ketones (excluding diaryl/α,β-unsaturated/α-hetero) is 1. The SMILES string of the molecule is CC(=O)c1ccc(N2CCOCC2=O)c(N)c1. The van der Waals surface area contributed by atoms with E-state index in [1.807, 2.05) is 0 Å². The van der Waals surface area contributed by atoms with Crippen molar-refractivity contribution in [1.29, 1.82) is 0 Å². The van der Waals surface area contributed by atoms with Crippen molar-refractivity contribution in [2.45, 2.75) is 6.92 Å². The number of nitrogen functional groups attached to an aromatic ring is 1. The third-order valence-corrected chi connectivity index (χ3v) is 2.71. The first-order chi connectivity index (χ1) is 8.09. The zero-order valence-corrected chi connectivity index (χ0v) is 9.60. The van der Waals surface area contributed by atoms with Crippen LogP contribution in [0.25, 0.3) is 0 Å². The summed E-state index contributed by atoms with van der Waals surface area (Å²) in [5.74, 6) is -0.157. The lowest BCUT2D eigenvalue weighted by atomic mass is 10.1. The molecule has 1 heterocycles. The van der Waals surface area contributed by atoms with Gasteiger partial charge >= 0.3 is 0 Å². The molecule has 0 saturated carbocycles. The highest BCUT2D eigenvalue weighted by atomic mass is 16.5. The van der Waals surface area contributed by atoms with Gasteiger partial charge in [0.2, 0.25) is 0 Å². The van der Waals surface area contributed by atoms with E-state index in [2.05, 4.69) is 0 Å². The number of anilines is 2. The lowest BCUT2D eigenvalue weighted by Crippen LogP contribution is -2.42. The van der Waals surface area contributed by atoms with E-state index >= 15 is 0 Å². The second-order valence-corrected chi connectivity index (χ2v) is 3.93. The molecule has 1 aromatic carbocycles. The maximum Gasteiger partial charge on any atom is 0.253 e. The Hall–Kier alpha value is -1.88. The Morgan fingerprint density at radius 2 is 2.24 bits per heavy atom. The van der Waals surface area contributed by atoms with Gasteiger partial charge in [-0.25, -0.2) is 0 Å². The van der Waals surface area contributed by atoms with E-state index in [1.165, 1.54) is 6.92 Å². The lowest BCUT2D eigenvalue weighted by Gasteiger charge is -2.28. The molecule has 2 N–H and O–H groups in total.